The van der Waals surface area contributed by atoms with E-state index in [1.54, 1.807) is 24.3 Å². The molecule has 0 atom stereocenters. The van der Waals surface area contributed by atoms with E-state index in [2.05, 4.69) is 0 Å². The van der Waals surface area contributed by atoms with Gasteiger partial charge < -0.3 is 18.9 Å². The molecular formula is C17H18O5. The van der Waals surface area contributed by atoms with Gasteiger partial charge >= 0.3 is 6.16 Å². The highest BCUT2D eigenvalue weighted by molar-refractivity contribution is 5.69. The van der Waals surface area contributed by atoms with Gasteiger partial charge in [-0.05, 0) is 49.2 Å². The van der Waals surface area contributed by atoms with Crippen molar-refractivity contribution in [3.63, 3.8) is 0 Å². The molecule has 0 radical (unpaired) electrons. The standard InChI is InChI=1S/C17H18O5/c1-11-5-7-13(15(9-11)19-3)21-17(18)22-14-8-6-12(2)10-16(14)20-4/h5-10H,1-4H3. The SMILES string of the molecule is COc1cc(C)ccc1OC(=O)Oc1ccc(C)cc1OC. The molecule has 0 aliphatic rings. The van der Waals surface area contributed by atoms with Crippen LogP contribution in [-0.4, -0.2) is 20.4 Å². The number of hydrogen-bond acceptors (Lipinski definition) is 5. The maximum Gasteiger partial charge on any atom is 0.519 e. The highest BCUT2D eigenvalue weighted by Gasteiger charge is 2.15. The highest BCUT2D eigenvalue weighted by Crippen LogP contribution is 2.30. The van der Waals surface area contributed by atoms with E-state index in [4.69, 9.17) is 18.9 Å². The van der Waals surface area contributed by atoms with Crippen molar-refractivity contribution in [1.82, 2.24) is 0 Å². The maximum absolute atomic E-state index is 11.9. The smallest absolute Gasteiger partial charge is 0.493 e. The maximum atomic E-state index is 11.9. The summed E-state index contributed by atoms with van der Waals surface area (Å²) >= 11 is 0. The molecule has 2 aromatic rings. The number of rotatable bonds is 4. The lowest BCUT2D eigenvalue weighted by molar-refractivity contribution is 0.148. The van der Waals surface area contributed by atoms with Gasteiger partial charge in [0.15, 0.2) is 23.0 Å². The highest BCUT2D eigenvalue weighted by atomic mass is 16.7. The second-order valence-electron chi connectivity index (χ2n) is 4.76. The Balaban J connectivity index is 2.14. The molecule has 2 rings (SSSR count). The monoisotopic (exact) mass is 302 g/mol. The van der Waals surface area contributed by atoms with Crippen molar-refractivity contribution in [1.29, 1.82) is 0 Å². The minimum atomic E-state index is -0.857. The number of ether oxygens (including phenoxy) is 4. The fourth-order valence-electron chi connectivity index (χ4n) is 1.92. The molecule has 0 saturated heterocycles. The van der Waals surface area contributed by atoms with Crippen molar-refractivity contribution >= 4 is 6.16 Å². The number of carbonyl (C=O) groups is 1. The summed E-state index contributed by atoms with van der Waals surface area (Å²) in [5, 5.41) is 0. The van der Waals surface area contributed by atoms with E-state index >= 15 is 0 Å². The zero-order chi connectivity index (χ0) is 16.1. The Kier molecular flexibility index (Phi) is 4.88. The van der Waals surface area contributed by atoms with E-state index in [1.807, 2.05) is 26.0 Å². The molecule has 0 unspecified atom stereocenters. The lowest BCUT2D eigenvalue weighted by atomic mass is 10.2. The van der Waals surface area contributed by atoms with Crippen LogP contribution in [-0.2, 0) is 0 Å². The van der Waals surface area contributed by atoms with Crippen LogP contribution in [0.3, 0.4) is 0 Å². The number of carbonyl (C=O) groups excluding carboxylic acids is 1. The largest absolute Gasteiger partial charge is 0.519 e. The summed E-state index contributed by atoms with van der Waals surface area (Å²) in [4.78, 5) is 11.9. The Morgan fingerprint density at radius 1 is 0.727 bits per heavy atom. The molecule has 0 heterocycles. The van der Waals surface area contributed by atoms with Crippen LogP contribution >= 0.6 is 0 Å². The Morgan fingerprint density at radius 2 is 1.14 bits per heavy atom. The predicted octanol–water partition coefficient (Wildman–Crippen LogP) is 3.90. The molecule has 0 aliphatic heterocycles. The Hall–Kier alpha value is -2.69. The lowest BCUT2D eigenvalue weighted by Gasteiger charge is -2.12. The molecule has 0 aromatic heterocycles. The zero-order valence-electron chi connectivity index (χ0n) is 13.0. The second-order valence-corrected chi connectivity index (χ2v) is 4.76. The quantitative estimate of drug-likeness (QED) is 0.633. The van der Waals surface area contributed by atoms with Crippen LogP contribution in [0.1, 0.15) is 11.1 Å². The van der Waals surface area contributed by atoms with E-state index in [0.29, 0.717) is 23.0 Å². The van der Waals surface area contributed by atoms with Crippen molar-refractivity contribution in [3.8, 4) is 23.0 Å². The van der Waals surface area contributed by atoms with Gasteiger partial charge in [0.05, 0.1) is 14.2 Å². The van der Waals surface area contributed by atoms with Gasteiger partial charge in [0, 0.05) is 0 Å². The van der Waals surface area contributed by atoms with Crippen LogP contribution in [0, 0.1) is 13.8 Å². The van der Waals surface area contributed by atoms with Crippen LogP contribution in [0.15, 0.2) is 36.4 Å². The first-order valence-corrected chi connectivity index (χ1v) is 6.72. The molecule has 22 heavy (non-hydrogen) atoms. The van der Waals surface area contributed by atoms with Gasteiger partial charge in [-0.15, -0.1) is 0 Å². The van der Waals surface area contributed by atoms with E-state index in [9.17, 15) is 4.79 Å². The van der Waals surface area contributed by atoms with Gasteiger partial charge in [-0.3, -0.25) is 0 Å². The van der Waals surface area contributed by atoms with Crippen LogP contribution in [0.4, 0.5) is 4.79 Å². The normalized spacial score (nSPS) is 10.0. The molecule has 0 spiro atoms. The third-order valence-electron chi connectivity index (χ3n) is 3.02. The number of aryl methyl sites for hydroxylation is 2. The molecule has 0 fully saturated rings. The van der Waals surface area contributed by atoms with Crippen LogP contribution in [0.25, 0.3) is 0 Å². The molecule has 5 heteroatoms. The molecular weight excluding hydrogens is 284 g/mol. The number of methoxy groups -OCH3 is 2. The van der Waals surface area contributed by atoms with Crippen molar-refractivity contribution in [2.24, 2.45) is 0 Å². The first-order valence-electron chi connectivity index (χ1n) is 6.72. The third-order valence-corrected chi connectivity index (χ3v) is 3.02. The minimum absolute atomic E-state index is 0.296. The van der Waals surface area contributed by atoms with E-state index in [1.165, 1.54) is 14.2 Å². The lowest BCUT2D eigenvalue weighted by Crippen LogP contribution is -2.14. The molecule has 0 amide bonds. The van der Waals surface area contributed by atoms with Crippen molar-refractivity contribution in [2.75, 3.05) is 14.2 Å². The molecule has 0 aliphatic carbocycles. The summed E-state index contributed by atoms with van der Waals surface area (Å²) < 4.78 is 20.7. The Bertz CT molecular complexity index is 621. The fourth-order valence-corrected chi connectivity index (χ4v) is 1.92. The summed E-state index contributed by atoms with van der Waals surface area (Å²) in [7, 11) is 3.02. The van der Waals surface area contributed by atoms with Crippen LogP contribution in [0.2, 0.25) is 0 Å². The molecule has 116 valence electrons. The van der Waals surface area contributed by atoms with Crippen molar-refractivity contribution in [2.45, 2.75) is 13.8 Å². The average molecular weight is 302 g/mol. The summed E-state index contributed by atoms with van der Waals surface area (Å²) in [6.07, 6.45) is -0.857. The van der Waals surface area contributed by atoms with Gasteiger partial charge in [0.1, 0.15) is 0 Å². The minimum Gasteiger partial charge on any atom is -0.493 e. The van der Waals surface area contributed by atoms with Crippen molar-refractivity contribution in [3.05, 3.63) is 47.5 Å². The van der Waals surface area contributed by atoms with Crippen LogP contribution in [0.5, 0.6) is 23.0 Å². The Labute approximate surface area is 129 Å². The summed E-state index contributed by atoms with van der Waals surface area (Å²) in [5.74, 6) is 1.52. The fraction of sp³-hybridized carbons (Fsp3) is 0.235. The molecule has 0 bridgehead atoms. The molecule has 5 nitrogen and oxygen atoms in total. The van der Waals surface area contributed by atoms with Crippen molar-refractivity contribution < 1.29 is 23.7 Å². The van der Waals surface area contributed by atoms with Crippen LogP contribution < -0.4 is 18.9 Å². The zero-order valence-corrected chi connectivity index (χ0v) is 13.0. The van der Waals surface area contributed by atoms with Gasteiger partial charge in [-0.25, -0.2) is 4.79 Å². The summed E-state index contributed by atoms with van der Waals surface area (Å²) in [6, 6.07) is 10.5. The number of benzene rings is 2. The summed E-state index contributed by atoms with van der Waals surface area (Å²) in [6.45, 7) is 3.84. The van der Waals surface area contributed by atoms with E-state index in [0.717, 1.165) is 11.1 Å². The second kappa shape index (κ2) is 6.85. The Morgan fingerprint density at radius 3 is 1.50 bits per heavy atom. The van der Waals surface area contributed by atoms with Gasteiger partial charge in [-0.1, -0.05) is 12.1 Å². The van der Waals surface area contributed by atoms with Gasteiger partial charge in [-0.2, -0.15) is 0 Å². The summed E-state index contributed by atoms with van der Waals surface area (Å²) in [5.41, 5.74) is 2.00. The van der Waals surface area contributed by atoms with E-state index < -0.39 is 6.16 Å². The average Bonchev–Trinajstić information content (AvgIpc) is 2.50. The number of hydrogen-bond donors (Lipinski definition) is 0. The molecule has 2 aromatic carbocycles. The van der Waals surface area contributed by atoms with E-state index in [-0.39, 0.29) is 0 Å². The van der Waals surface area contributed by atoms with Gasteiger partial charge in [0.25, 0.3) is 0 Å². The molecule has 0 N–H and O–H groups in total. The molecule has 0 saturated carbocycles. The first kappa shape index (κ1) is 15.7. The topological polar surface area (TPSA) is 54.0 Å². The van der Waals surface area contributed by atoms with Gasteiger partial charge in [0.2, 0.25) is 0 Å². The third kappa shape index (κ3) is 3.69. The first-order chi connectivity index (χ1) is 10.5. The predicted molar refractivity (Wildman–Crippen MR) is 82.1 cm³/mol.